The maximum absolute atomic E-state index is 11.0. The van der Waals surface area contributed by atoms with Crippen LogP contribution in [-0.4, -0.2) is 33.3 Å². The monoisotopic (exact) mass is 193 g/mol. The van der Waals surface area contributed by atoms with Crippen molar-refractivity contribution in [2.45, 2.75) is 19.4 Å². The number of rotatable bonds is 2. The highest BCUT2D eigenvalue weighted by Crippen LogP contribution is 2.09. The molecule has 1 saturated heterocycles. The Labute approximate surface area is 83.5 Å². The van der Waals surface area contributed by atoms with Crippen LogP contribution in [0.15, 0.2) is 12.5 Å². The molecule has 1 aliphatic rings. The van der Waals surface area contributed by atoms with E-state index in [0.29, 0.717) is 18.6 Å². The lowest BCUT2D eigenvalue weighted by atomic mass is 10.1. The Kier molecular flexibility index (Phi) is 2.63. The molecular weight excluding hydrogens is 178 g/mol. The standard InChI is InChI=1S/C10H15N3O/c1-12-8-11-6-9(12)7-13-4-2-10(14)3-5-13/h6,8H,2-5,7H2,1H3. The van der Waals surface area contributed by atoms with Crippen molar-refractivity contribution in [3.05, 3.63) is 18.2 Å². The van der Waals surface area contributed by atoms with Crippen LogP contribution in [0.5, 0.6) is 0 Å². The number of carbonyl (C=O) groups excluding carboxylic acids is 1. The predicted molar refractivity (Wildman–Crippen MR) is 52.7 cm³/mol. The van der Waals surface area contributed by atoms with E-state index in [1.807, 2.05) is 24.1 Å². The smallest absolute Gasteiger partial charge is 0.135 e. The Hall–Kier alpha value is -1.16. The van der Waals surface area contributed by atoms with Gasteiger partial charge in [-0.3, -0.25) is 9.69 Å². The van der Waals surface area contributed by atoms with E-state index in [9.17, 15) is 4.79 Å². The second-order valence-corrected chi connectivity index (χ2v) is 3.81. The number of nitrogens with zero attached hydrogens (tertiary/aromatic N) is 3. The molecule has 1 fully saturated rings. The summed E-state index contributed by atoms with van der Waals surface area (Å²) in [5, 5.41) is 0. The summed E-state index contributed by atoms with van der Waals surface area (Å²) >= 11 is 0. The molecule has 0 bridgehead atoms. The third-order valence-corrected chi connectivity index (χ3v) is 2.72. The third kappa shape index (κ3) is 2.01. The van der Waals surface area contributed by atoms with E-state index >= 15 is 0 Å². The molecular formula is C10H15N3O. The van der Waals surface area contributed by atoms with Crippen molar-refractivity contribution >= 4 is 5.78 Å². The highest BCUT2D eigenvalue weighted by atomic mass is 16.1. The van der Waals surface area contributed by atoms with Crippen molar-refractivity contribution in [2.24, 2.45) is 7.05 Å². The first-order valence-electron chi connectivity index (χ1n) is 4.95. The molecule has 0 radical (unpaired) electrons. The number of Topliss-reactive ketones (excluding diaryl/α,β-unsaturated/α-hetero) is 1. The topological polar surface area (TPSA) is 38.1 Å². The van der Waals surface area contributed by atoms with Gasteiger partial charge in [0.1, 0.15) is 5.78 Å². The Morgan fingerprint density at radius 1 is 1.43 bits per heavy atom. The zero-order chi connectivity index (χ0) is 9.97. The van der Waals surface area contributed by atoms with E-state index in [1.165, 1.54) is 5.69 Å². The van der Waals surface area contributed by atoms with Crippen LogP contribution in [0, 0.1) is 0 Å². The van der Waals surface area contributed by atoms with Gasteiger partial charge in [0.2, 0.25) is 0 Å². The number of aryl methyl sites for hydroxylation is 1. The van der Waals surface area contributed by atoms with Crippen molar-refractivity contribution in [1.82, 2.24) is 14.5 Å². The average molecular weight is 193 g/mol. The summed E-state index contributed by atoms with van der Waals surface area (Å²) < 4.78 is 2.02. The number of imidazole rings is 1. The molecule has 0 amide bonds. The van der Waals surface area contributed by atoms with Gasteiger partial charge >= 0.3 is 0 Å². The van der Waals surface area contributed by atoms with Gasteiger partial charge in [-0.05, 0) is 0 Å². The second-order valence-electron chi connectivity index (χ2n) is 3.81. The molecule has 14 heavy (non-hydrogen) atoms. The summed E-state index contributed by atoms with van der Waals surface area (Å²) in [6.45, 7) is 2.69. The maximum Gasteiger partial charge on any atom is 0.135 e. The minimum absolute atomic E-state index is 0.395. The summed E-state index contributed by atoms with van der Waals surface area (Å²) in [6, 6.07) is 0. The molecule has 76 valence electrons. The molecule has 0 aliphatic carbocycles. The van der Waals surface area contributed by atoms with Crippen LogP contribution in [0.1, 0.15) is 18.5 Å². The Bertz CT molecular complexity index is 322. The fraction of sp³-hybridized carbons (Fsp3) is 0.600. The molecule has 0 unspecified atom stereocenters. The van der Waals surface area contributed by atoms with Crippen molar-refractivity contribution in [3.8, 4) is 0 Å². The normalized spacial score (nSPS) is 18.8. The minimum atomic E-state index is 0.395. The molecule has 1 aromatic heterocycles. The number of likely N-dealkylation sites (tertiary alicyclic amines) is 1. The van der Waals surface area contributed by atoms with Crippen molar-refractivity contribution in [1.29, 1.82) is 0 Å². The summed E-state index contributed by atoms with van der Waals surface area (Å²) in [7, 11) is 2.00. The third-order valence-electron chi connectivity index (χ3n) is 2.72. The number of hydrogen-bond donors (Lipinski definition) is 0. The van der Waals surface area contributed by atoms with Gasteiger partial charge in [-0.2, -0.15) is 0 Å². The summed E-state index contributed by atoms with van der Waals surface area (Å²) in [6.07, 6.45) is 5.11. The van der Waals surface area contributed by atoms with E-state index in [-0.39, 0.29) is 0 Å². The van der Waals surface area contributed by atoms with Gasteiger partial charge in [-0.25, -0.2) is 4.98 Å². The molecule has 0 atom stereocenters. The van der Waals surface area contributed by atoms with E-state index in [1.54, 1.807) is 0 Å². The van der Waals surface area contributed by atoms with Crippen LogP contribution in [0.4, 0.5) is 0 Å². The molecule has 4 heteroatoms. The fourth-order valence-electron chi connectivity index (χ4n) is 1.73. The van der Waals surface area contributed by atoms with Gasteiger partial charge < -0.3 is 4.57 Å². The summed E-state index contributed by atoms with van der Waals surface area (Å²) in [5.74, 6) is 0.395. The van der Waals surface area contributed by atoms with Gasteiger partial charge in [0.05, 0.1) is 12.0 Å². The highest BCUT2D eigenvalue weighted by Gasteiger charge is 2.16. The van der Waals surface area contributed by atoms with E-state index in [2.05, 4.69) is 9.88 Å². The summed E-state index contributed by atoms with van der Waals surface area (Å²) in [5.41, 5.74) is 1.21. The van der Waals surface area contributed by atoms with Gasteiger partial charge in [0.25, 0.3) is 0 Å². The second kappa shape index (κ2) is 3.92. The van der Waals surface area contributed by atoms with Crippen LogP contribution in [0.3, 0.4) is 0 Å². The lowest BCUT2D eigenvalue weighted by Crippen LogP contribution is -2.33. The van der Waals surface area contributed by atoms with Gasteiger partial charge in [0, 0.05) is 45.7 Å². The SMILES string of the molecule is Cn1cncc1CN1CCC(=O)CC1. The molecule has 0 spiro atoms. The Balaban J connectivity index is 1.92. The first-order chi connectivity index (χ1) is 6.75. The zero-order valence-corrected chi connectivity index (χ0v) is 8.44. The van der Waals surface area contributed by atoms with Crippen LogP contribution in [-0.2, 0) is 18.4 Å². The molecule has 0 aromatic carbocycles. The van der Waals surface area contributed by atoms with Crippen LogP contribution in [0.2, 0.25) is 0 Å². The number of piperidine rings is 1. The average Bonchev–Trinajstić information content (AvgIpc) is 2.56. The lowest BCUT2D eigenvalue weighted by molar-refractivity contribution is -0.121. The number of hydrogen-bond acceptors (Lipinski definition) is 3. The Morgan fingerprint density at radius 3 is 2.71 bits per heavy atom. The molecule has 4 nitrogen and oxygen atoms in total. The van der Waals surface area contributed by atoms with Crippen LogP contribution in [0.25, 0.3) is 0 Å². The highest BCUT2D eigenvalue weighted by molar-refractivity contribution is 5.79. The molecule has 2 heterocycles. The molecule has 1 aromatic rings. The molecule has 2 rings (SSSR count). The van der Waals surface area contributed by atoms with Crippen molar-refractivity contribution in [3.63, 3.8) is 0 Å². The quantitative estimate of drug-likeness (QED) is 0.689. The van der Waals surface area contributed by atoms with Crippen molar-refractivity contribution < 1.29 is 4.79 Å². The van der Waals surface area contributed by atoms with E-state index < -0.39 is 0 Å². The minimum Gasteiger partial charge on any atom is -0.337 e. The van der Waals surface area contributed by atoms with Crippen molar-refractivity contribution in [2.75, 3.05) is 13.1 Å². The zero-order valence-electron chi connectivity index (χ0n) is 8.44. The lowest BCUT2D eigenvalue weighted by Gasteiger charge is -2.25. The van der Waals surface area contributed by atoms with Crippen LogP contribution < -0.4 is 0 Å². The molecule has 1 aliphatic heterocycles. The number of aromatic nitrogens is 2. The number of ketones is 1. The van der Waals surface area contributed by atoms with Gasteiger partial charge in [-0.1, -0.05) is 0 Å². The maximum atomic E-state index is 11.0. The van der Waals surface area contributed by atoms with E-state index in [0.717, 1.165) is 19.6 Å². The molecule has 0 saturated carbocycles. The first kappa shape index (κ1) is 9.40. The largest absolute Gasteiger partial charge is 0.337 e. The Morgan fingerprint density at radius 2 is 2.14 bits per heavy atom. The molecule has 0 N–H and O–H groups in total. The van der Waals surface area contributed by atoms with E-state index in [4.69, 9.17) is 0 Å². The van der Waals surface area contributed by atoms with Crippen LogP contribution >= 0.6 is 0 Å². The number of carbonyl (C=O) groups is 1. The van der Waals surface area contributed by atoms with Gasteiger partial charge in [-0.15, -0.1) is 0 Å². The fourth-order valence-corrected chi connectivity index (χ4v) is 1.73. The summed E-state index contributed by atoms with van der Waals surface area (Å²) in [4.78, 5) is 17.4. The predicted octanol–water partition coefficient (Wildman–Crippen LogP) is 0.585. The van der Waals surface area contributed by atoms with Gasteiger partial charge in [0.15, 0.2) is 0 Å². The first-order valence-corrected chi connectivity index (χ1v) is 4.95.